The SMILES string of the molecule is COC(C)CCC(=O)Nc1ccc(F)cc1C(=O)O. The first-order chi connectivity index (χ1) is 8.93. The molecule has 0 spiro atoms. The van der Waals surface area contributed by atoms with Gasteiger partial charge in [-0.05, 0) is 31.5 Å². The highest BCUT2D eigenvalue weighted by Crippen LogP contribution is 2.17. The monoisotopic (exact) mass is 269 g/mol. The Morgan fingerprint density at radius 1 is 1.47 bits per heavy atom. The number of carbonyl (C=O) groups is 2. The summed E-state index contributed by atoms with van der Waals surface area (Å²) in [5, 5.41) is 11.4. The number of anilines is 1. The van der Waals surface area contributed by atoms with Crippen molar-refractivity contribution in [3.8, 4) is 0 Å². The molecule has 0 aromatic heterocycles. The van der Waals surface area contributed by atoms with Gasteiger partial charge in [0, 0.05) is 13.5 Å². The lowest BCUT2D eigenvalue weighted by molar-refractivity contribution is -0.116. The van der Waals surface area contributed by atoms with E-state index in [1.54, 1.807) is 7.11 Å². The lowest BCUT2D eigenvalue weighted by Crippen LogP contribution is -2.17. The van der Waals surface area contributed by atoms with E-state index >= 15 is 0 Å². The third kappa shape index (κ3) is 4.67. The molecular formula is C13H16FNO4. The number of carboxylic acids is 1. The summed E-state index contributed by atoms with van der Waals surface area (Å²) in [5.74, 6) is -2.29. The van der Waals surface area contributed by atoms with Crippen LogP contribution in [0, 0.1) is 5.82 Å². The standard InChI is InChI=1S/C13H16FNO4/c1-8(19-2)3-6-12(16)15-11-5-4-9(14)7-10(11)13(17)18/h4-5,7-8H,3,6H2,1-2H3,(H,15,16)(H,17,18). The maximum absolute atomic E-state index is 13.0. The van der Waals surface area contributed by atoms with Crippen molar-refractivity contribution in [2.45, 2.75) is 25.9 Å². The highest BCUT2D eigenvalue weighted by molar-refractivity contribution is 6.00. The molecule has 0 aliphatic heterocycles. The predicted octanol–water partition coefficient (Wildman–Crippen LogP) is 2.28. The Balaban J connectivity index is 2.71. The quantitative estimate of drug-likeness (QED) is 0.830. The minimum absolute atomic E-state index is 0.0575. The van der Waals surface area contributed by atoms with Gasteiger partial charge >= 0.3 is 5.97 Å². The number of halogens is 1. The lowest BCUT2D eigenvalue weighted by Gasteiger charge is -2.11. The summed E-state index contributed by atoms with van der Waals surface area (Å²) in [6.07, 6.45) is 0.662. The number of nitrogens with one attached hydrogen (secondary N) is 1. The van der Waals surface area contributed by atoms with E-state index in [2.05, 4.69) is 5.32 Å². The Morgan fingerprint density at radius 2 is 2.16 bits per heavy atom. The van der Waals surface area contributed by atoms with Crippen LogP contribution >= 0.6 is 0 Å². The molecule has 0 fully saturated rings. The molecule has 2 N–H and O–H groups in total. The summed E-state index contributed by atoms with van der Waals surface area (Å²) in [5.41, 5.74) is -0.183. The molecule has 0 bridgehead atoms. The smallest absolute Gasteiger partial charge is 0.337 e. The van der Waals surface area contributed by atoms with Crippen LogP contribution in [0.3, 0.4) is 0 Å². The van der Waals surface area contributed by atoms with Crippen LogP contribution in [0.15, 0.2) is 18.2 Å². The Labute approximate surface area is 110 Å². The zero-order valence-corrected chi connectivity index (χ0v) is 10.8. The number of methoxy groups -OCH3 is 1. The van der Waals surface area contributed by atoms with Crippen molar-refractivity contribution in [3.63, 3.8) is 0 Å². The fourth-order valence-electron chi connectivity index (χ4n) is 1.47. The van der Waals surface area contributed by atoms with Crippen LogP contribution in [0.25, 0.3) is 0 Å². The number of rotatable bonds is 6. The molecule has 0 saturated heterocycles. The molecule has 5 nitrogen and oxygen atoms in total. The Kier molecular flexibility index (Phi) is 5.44. The molecule has 1 aromatic rings. The second kappa shape index (κ2) is 6.84. The number of hydrogen-bond acceptors (Lipinski definition) is 3. The highest BCUT2D eigenvalue weighted by atomic mass is 19.1. The van der Waals surface area contributed by atoms with E-state index in [1.165, 1.54) is 6.07 Å². The van der Waals surface area contributed by atoms with Gasteiger partial charge in [0.1, 0.15) is 5.82 Å². The Morgan fingerprint density at radius 3 is 2.74 bits per heavy atom. The van der Waals surface area contributed by atoms with Crippen LogP contribution in [-0.2, 0) is 9.53 Å². The minimum Gasteiger partial charge on any atom is -0.478 e. The number of amides is 1. The molecule has 19 heavy (non-hydrogen) atoms. The number of carbonyl (C=O) groups excluding carboxylic acids is 1. The van der Waals surface area contributed by atoms with Crippen LogP contribution in [0.5, 0.6) is 0 Å². The van der Waals surface area contributed by atoms with E-state index in [0.717, 1.165) is 12.1 Å². The van der Waals surface area contributed by atoms with E-state index in [-0.39, 0.29) is 29.7 Å². The van der Waals surface area contributed by atoms with Crippen molar-refractivity contribution in [1.29, 1.82) is 0 Å². The molecule has 0 heterocycles. The van der Waals surface area contributed by atoms with Crippen molar-refractivity contribution < 1.29 is 23.8 Å². The third-order valence-electron chi connectivity index (χ3n) is 2.67. The largest absolute Gasteiger partial charge is 0.478 e. The molecule has 1 rings (SSSR count). The first-order valence-electron chi connectivity index (χ1n) is 5.79. The molecule has 1 amide bonds. The van der Waals surface area contributed by atoms with Crippen LogP contribution in [0.4, 0.5) is 10.1 Å². The minimum atomic E-state index is -1.29. The average molecular weight is 269 g/mol. The molecule has 6 heteroatoms. The van der Waals surface area contributed by atoms with Gasteiger partial charge in [0.05, 0.1) is 17.4 Å². The van der Waals surface area contributed by atoms with Crippen molar-refractivity contribution in [1.82, 2.24) is 0 Å². The Hall–Kier alpha value is -1.95. The zero-order chi connectivity index (χ0) is 14.4. The van der Waals surface area contributed by atoms with Gasteiger partial charge in [0.2, 0.25) is 5.91 Å². The van der Waals surface area contributed by atoms with E-state index in [4.69, 9.17) is 9.84 Å². The first-order valence-corrected chi connectivity index (χ1v) is 5.79. The van der Waals surface area contributed by atoms with E-state index in [9.17, 15) is 14.0 Å². The van der Waals surface area contributed by atoms with Crippen LogP contribution in [-0.4, -0.2) is 30.2 Å². The second-order valence-corrected chi connectivity index (χ2v) is 4.13. The summed E-state index contributed by atoms with van der Waals surface area (Å²) in [6.45, 7) is 1.83. The highest BCUT2D eigenvalue weighted by Gasteiger charge is 2.14. The topological polar surface area (TPSA) is 75.6 Å². The van der Waals surface area contributed by atoms with Crippen LogP contribution in [0.1, 0.15) is 30.1 Å². The maximum Gasteiger partial charge on any atom is 0.337 e. The lowest BCUT2D eigenvalue weighted by atomic mass is 10.1. The van der Waals surface area contributed by atoms with E-state index in [1.807, 2.05) is 6.92 Å². The normalized spacial score (nSPS) is 11.9. The summed E-state index contributed by atoms with van der Waals surface area (Å²) < 4.78 is 18.0. The van der Waals surface area contributed by atoms with Gasteiger partial charge in [-0.25, -0.2) is 9.18 Å². The maximum atomic E-state index is 13.0. The van der Waals surface area contributed by atoms with Crippen molar-refractivity contribution >= 4 is 17.6 Å². The number of carboxylic acid groups (broad SMARTS) is 1. The molecule has 1 atom stereocenters. The molecule has 1 aromatic carbocycles. The number of aromatic carboxylic acids is 1. The van der Waals surface area contributed by atoms with Gasteiger partial charge in [-0.3, -0.25) is 4.79 Å². The number of benzene rings is 1. The van der Waals surface area contributed by atoms with E-state index < -0.39 is 11.8 Å². The molecule has 1 unspecified atom stereocenters. The molecule has 0 radical (unpaired) electrons. The second-order valence-electron chi connectivity index (χ2n) is 4.13. The summed E-state index contributed by atoms with van der Waals surface area (Å²) in [6, 6.07) is 3.20. The molecule has 0 saturated carbocycles. The fourth-order valence-corrected chi connectivity index (χ4v) is 1.47. The fraction of sp³-hybridized carbons (Fsp3) is 0.385. The van der Waals surface area contributed by atoms with Gasteiger partial charge in [-0.15, -0.1) is 0 Å². The Bertz CT molecular complexity index is 476. The van der Waals surface area contributed by atoms with Gasteiger partial charge in [0.25, 0.3) is 0 Å². The molecule has 104 valence electrons. The van der Waals surface area contributed by atoms with Crippen molar-refractivity contribution in [2.75, 3.05) is 12.4 Å². The average Bonchev–Trinajstić information content (AvgIpc) is 2.37. The van der Waals surface area contributed by atoms with Crippen molar-refractivity contribution in [3.05, 3.63) is 29.6 Å². The predicted molar refractivity (Wildman–Crippen MR) is 67.7 cm³/mol. The van der Waals surface area contributed by atoms with Crippen LogP contribution < -0.4 is 5.32 Å². The summed E-state index contributed by atoms with van der Waals surface area (Å²) in [7, 11) is 1.55. The third-order valence-corrected chi connectivity index (χ3v) is 2.67. The summed E-state index contributed by atoms with van der Waals surface area (Å²) >= 11 is 0. The number of hydrogen-bond donors (Lipinski definition) is 2. The van der Waals surface area contributed by atoms with Gasteiger partial charge in [-0.1, -0.05) is 0 Å². The van der Waals surface area contributed by atoms with Gasteiger partial charge in [-0.2, -0.15) is 0 Å². The zero-order valence-electron chi connectivity index (χ0n) is 10.8. The summed E-state index contributed by atoms with van der Waals surface area (Å²) in [4.78, 5) is 22.6. The van der Waals surface area contributed by atoms with Crippen molar-refractivity contribution in [2.24, 2.45) is 0 Å². The number of ether oxygens (including phenoxy) is 1. The molecular weight excluding hydrogens is 253 g/mol. The van der Waals surface area contributed by atoms with Gasteiger partial charge in [0.15, 0.2) is 0 Å². The van der Waals surface area contributed by atoms with Gasteiger partial charge < -0.3 is 15.2 Å². The van der Waals surface area contributed by atoms with E-state index in [0.29, 0.717) is 6.42 Å². The van der Waals surface area contributed by atoms with Crippen LogP contribution in [0.2, 0.25) is 0 Å². The first kappa shape index (κ1) is 15.1. The molecule has 0 aliphatic carbocycles. The molecule has 0 aliphatic rings.